The molecule has 3 N–H and O–H groups in total. The minimum atomic E-state index is -0.355. The Bertz CT molecular complexity index is 741. The van der Waals surface area contributed by atoms with Gasteiger partial charge in [0.25, 0.3) is 11.8 Å². The van der Waals surface area contributed by atoms with Gasteiger partial charge in [-0.25, -0.2) is 0 Å². The Kier molecular flexibility index (Phi) is 6.41. The zero-order valence-corrected chi connectivity index (χ0v) is 15.3. The lowest BCUT2D eigenvalue weighted by molar-refractivity contribution is -0.133. The molecule has 140 valence electrons. The van der Waals surface area contributed by atoms with Crippen molar-refractivity contribution in [2.45, 2.75) is 13.8 Å². The molecule has 0 aliphatic rings. The average molecular weight is 359 g/mol. The van der Waals surface area contributed by atoms with Gasteiger partial charge in [0.05, 0.1) is 6.26 Å². The van der Waals surface area contributed by atoms with Gasteiger partial charge < -0.3 is 25.1 Å². The zero-order chi connectivity index (χ0) is 19.2. The van der Waals surface area contributed by atoms with E-state index in [0.717, 1.165) is 0 Å². The molecule has 1 heterocycles. The first-order valence-electron chi connectivity index (χ1n) is 8.32. The third-order valence-electron chi connectivity index (χ3n) is 3.84. The zero-order valence-electron chi connectivity index (χ0n) is 15.3. The summed E-state index contributed by atoms with van der Waals surface area (Å²) in [6.45, 7) is 4.95. The van der Waals surface area contributed by atoms with E-state index < -0.39 is 0 Å². The number of ether oxygens (including phenoxy) is 1. The van der Waals surface area contributed by atoms with Crippen molar-refractivity contribution in [1.82, 2.24) is 4.90 Å². The Morgan fingerprint density at radius 3 is 2.69 bits per heavy atom. The van der Waals surface area contributed by atoms with Gasteiger partial charge in [0.2, 0.25) is 0 Å². The standard InChI is InChI=1S/C19H25N3O4/c1-19(2,12-20)13-22(3)17(23)11-26-15-7-4-6-14(10-15)21-18(24)16-8-5-9-25-16/h4-10H,11-13,20H2,1-3H3,(H,21,24). The Balaban J connectivity index is 1.90. The van der Waals surface area contributed by atoms with Gasteiger partial charge in [-0.05, 0) is 36.2 Å². The summed E-state index contributed by atoms with van der Waals surface area (Å²) in [5.74, 6) is 0.209. The molecule has 1 aromatic carbocycles. The van der Waals surface area contributed by atoms with Crippen LogP contribution in [0.1, 0.15) is 24.4 Å². The molecule has 0 aliphatic carbocycles. The fraction of sp³-hybridized carbons (Fsp3) is 0.368. The van der Waals surface area contributed by atoms with E-state index in [1.807, 2.05) is 13.8 Å². The predicted molar refractivity (Wildman–Crippen MR) is 99.1 cm³/mol. The number of nitrogens with one attached hydrogen (secondary N) is 1. The number of hydrogen-bond donors (Lipinski definition) is 2. The van der Waals surface area contributed by atoms with Gasteiger partial charge in [0.1, 0.15) is 5.75 Å². The summed E-state index contributed by atoms with van der Waals surface area (Å²) in [5.41, 5.74) is 6.10. The quantitative estimate of drug-likeness (QED) is 0.754. The molecule has 0 spiro atoms. The number of nitrogens with zero attached hydrogens (tertiary/aromatic N) is 1. The fourth-order valence-electron chi connectivity index (χ4n) is 2.31. The molecule has 0 atom stereocenters. The van der Waals surface area contributed by atoms with Crippen molar-refractivity contribution in [1.29, 1.82) is 0 Å². The lowest BCUT2D eigenvalue weighted by atomic mass is 9.93. The Morgan fingerprint density at radius 2 is 2.04 bits per heavy atom. The Hall–Kier alpha value is -2.80. The maximum Gasteiger partial charge on any atom is 0.291 e. The summed E-state index contributed by atoms with van der Waals surface area (Å²) >= 11 is 0. The van der Waals surface area contributed by atoms with Crippen molar-refractivity contribution in [3.05, 3.63) is 48.4 Å². The molecule has 2 aromatic rings. The van der Waals surface area contributed by atoms with Crippen molar-refractivity contribution >= 4 is 17.5 Å². The third kappa shape index (κ3) is 5.63. The van der Waals surface area contributed by atoms with Crippen LogP contribution < -0.4 is 15.8 Å². The van der Waals surface area contributed by atoms with E-state index in [4.69, 9.17) is 14.9 Å². The molecule has 0 radical (unpaired) electrons. The molecular weight excluding hydrogens is 334 g/mol. The van der Waals surface area contributed by atoms with Gasteiger partial charge in [-0.1, -0.05) is 19.9 Å². The summed E-state index contributed by atoms with van der Waals surface area (Å²) in [5, 5.41) is 2.71. The first kappa shape index (κ1) is 19.5. The maximum absolute atomic E-state index is 12.2. The van der Waals surface area contributed by atoms with E-state index in [9.17, 15) is 9.59 Å². The summed E-state index contributed by atoms with van der Waals surface area (Å²) < 4.78 is 10.6. The van der Waals surface area contributed by atoms with Crippen molar-refractivity contribution in [2.24, 2.45) is 11.1 Å². The molecule has 0 saturated carbocycles. The number of amides is 2. The van der Waals surface area contributed by atoms with Crippen molar-refractivity contribution in [3.8, 4) is 5.75 Å². The number of rotatable bonds is 8. The highest BCUT2D eigenvalue weighted by Gasteiger charge is 2.21. The van der Waals surface area contributed by atoms with Crippen LogP contribution in [0.3, 0.4) is 0 Å². The molecule has 7 heteroatoms. The Labute approximate surface area is 153 Å². The van der Waals surface area contributed by atoms with Gasteiger partial charge in [-0.15, -0.1) is 0 Å². The SMILES string of the molecule is CN(CC(C)(C)CN)C(=O)COc1cccc(NC(=O)c2ccco2)c1. The van der Waals surface area contributed by atoms with Crippen LogP contribution in [-0.2, 0) is 4.79 Å². The highest BCUT2D eigenvalue weighted by Crippen LogP contribution is 2.19. The lowest BCUT2D eigenvalue weighted by Crippen LogP contribution is -2.41. The summed E-state index contributed by atoms with van der Waals surface area (Å²) in [4.78, 5) is 25.8. The van der Waals surface area contributed by atoms with Crippen LogP contribution in [0, 0.1) is 5.41 Å². The second-order valence-corrected chi connectivity index (χ2v) is 6.87. The average Bonchev–Trinajstić information content (AvgIpc) is 3.14. The van der Waals surface area contributed by atoms with Crippen molar-refractivity contribution in [2.75, 3.05) is 32.1 Å². The van der Waals surface area contributed by atoms with Crippen LogP contribution in [0.2, 0.25) is 0 Å². The van der Waals surface area contributed by atoms with Gasteiger partial charge in [0, 0.05) is 25.3 Å². The fourth-order valence-corrected chi connectivity index (χ4v) is 2.31. The van der Waals surface area contributed by atoms with Gasteiger partial charge in [-0.3, -0.25) is 9.59 Å². The number of nitrogens with two attached hydrogens (primary N) is 1. The van der Waals surface area contributed by atoms with Crippen LogP contribution in [0.25, 0.3) is 0 Å². The molecule has 1 aromatic heterocycles. The smallest absolute Gasteiger partial charge is 0.291 e. The molecule has 0 fully saturated rings. The molecule has 0 aliphatic heterocycles. The van der Waals surface area contributed by atoms with E-state index >= 15 is 0 Å². The summed E-state index contributed by atoms with van der Waals surface area (Å²) in [7, 11) is 1.73. The number of carbonyl (C=O) groups excluding carboxylic acids is 2. The van der Waals surface area contributed by atoms with Crippen molar-refractivity contribution < 1.29 is 18.7 Å². The van der Waals surface area contributed by atoms with Gasteiger partial charge in [0.15, 0.2) is 12.4 Å². The normalized spacial score (nSPS) is 11.1. The van der Waals surface area contributed by atoms with Crippen LogP contribution in [0.4, 0.5) is 5.69 Å². The number of hydrogen-bond acceptors (Lipinski definition) is 5. The first-order chi connectivity index (χ1) is 12.3. The summed E-state index contributed by atoms with van der Waals surface area (Å²) in [6.07, 6.45) is 1.43. The molecule has 0 saturated heterocycles. The molecule has 2 amide bonds. The third-order valence-corrected chi connectivity index (χ3v) is 3.84. The number of likely N-dealkylation sites (N-methyl/N-ethyl adjacent to an activating group) is 1. The van der Waals surface area contributed by atoms with Crippen molar-refractivity contribution in [3.63, 3.8) is 0 Å². The molecular formula is C19H25N3O4. The highest BCUT2D eigenvalue weighted by atomic mass is 16.5. The molecule has 0 bridgehead atoms. The minimum absolute atomic E-state index is 0.0905. The predicted octanol–water partition coefficient (Wildman–Crippen LogP) is 2.35. The van der Waals surface area contributed by atoms with E-state index in [1.54, 1.807) is 48.3 Å². The van der Waals surface area contributed by atoms with E-state index in [0.29, 0.717) is 24.5 Å². The molecule has 2 rings (SSSR count). The first-order valence-corrected chi connectivity index (χ1v) is 8.32. The van der Waals surface area contributed by atoms with Crippen LogP contribution in [0.5, 0.6) is 5.75 Å². The van der Waals surface area contributed by atoms with Gasteiger partial charge in [-0.2, -0.15) is 0 Å². The van der Waals surface area contributed by atoms with Crippen LogP contribution >= 0.6 is 0 Å². The minimum Gasteiger partial charge on any atom is -0.484 e. The van der Waals surface area contributed by atoms with Crippen LogP contribution in [-0.4, -0.2) is 43.5 Å². The molecule has 7 nitrogen and oxygen atoms in total. The number of anilines is 1. The van der Waals surface area contributed by atoms with Gasteiger partial charge >= 0.3 is 0 Å². The summed E-state index contributed by atoms with van der Waals surface area (Å²) in [6, 6.07) is 10.1. The molecule has 0 unspecified atom stereocenters. The highest BCUT2D eigenvalue weighted by molar-refractivity contribution is 6.02. The number of carbonyl (C=O) groups is 2. The number of benzene rings is 1. The van der Waals surface area contributed by atoms with E-state index in [2.05, 4.69) is 5.32 Å². The molecule has 26 heavy (non-hydrogen) atoms. The van der Waals surface area contributed by atoms with E-state index in [-0.39, 0.29) is 29.6 Å². The monoisotopic (exact) mass is 359 g/mol. The topological polar surface area (TPSA) is 97.8 Å². The lowest BCUT2D eigenvalue weighted by Gasteiger charge is -2.29. The second-order valence-electron chi connectivity index (χ2n) is 6.87. The largest absolute Gasteiger partial charge is 0.484 e. The van der Waals surface area contributed by atoms with Crippen LogP contribution in [0.15, 0.2) is 47.1 Å². The van der Waals surface area contributed by atoms with E-state index in [1.165, 1.54) is 6.26 Å². The maximum atomic E-state index is 12.2. The Morgan fingerprint density at radius 1 is 1.27 bits per heavy atom. The number of furan rings is 1. The second kappa shape index (κ2) is 8.53.